The van der Waals surface area contributed by atoms with Gasteiger partial charge in [-0.1, -0.05) is 12.1 Å². The summed E-state index contributed by atoms with van der Waals surface area (Å²) in [4.78, 5) is 22.9. The molecule has 1 aromatic carbocycles. The number of ether oxygens (including phenoxy) is 1. The molecule has 116 valence electrons. The lowest BCUT2D eigenvalue weighted by Crippen LogP contribution is -2.44. The van der Waals surface area contributed by atoms with E-state index in [2.05, 4.69) is 10.6 Å². The summed E-state index contributed by atoms with van der Waals surface area (Å²) in [7, 11) is 0. The lowest BCUT2D eigenvalue weighted by Gasteiger charge is -2.19. The number of amides is 2. The van der Waals surface area contributed by atoms with Crippen LogP contribution in [0.1, 0.15) is 46.2 Å². The van der Waals surface area contributed by atoms with Gasteiger partial charge in [0.05, 0.1) is 12.1 Å². The van der Waals surface area contributed by atoms with Crippen LogP contribution in [0.2, 0.25) is 0 Å². The average Bonchev–Trinajstić information content (AvgIpc) is 2.37. The fraction of sp³-hybridized carbons (Fsp3) is 0.500. The van der Waals surface area contributed by atoms with E-state index in [-0.39, 0.29) is 24.0 Å². The molecule has 0 radical (unpaired) electrons. The van der Waals surface area contributed by atoms with Gasteiger partial charge in [-0.05, 0) is 45.4 Å². The van der Waals surface area contributed by atoms with Gasteiger partial charge in [0.2, 0.25) is 11.8 Å². The summed E-state index contributed by atoms with van der Waals surface area (Å²) >= 11 is 0. The zero-order valence-electron chi connectivity index (χ0n) is 13.3. The number of hydrogen-bond donors (Lipinski definition) is 2. The van der Waals surface area contributed by atoms with E-state index in [0.29, 0.717) is 0 Å². The lowest BCUT2D eigenvalue weighted by atomic mass is 10.1. The molecule has 21 heavy (non-hydrogen) atoms. The maximum Gasteiger partial charge on any atom is 0.242 e. The second kappa shape index (κ2) is 7.67. The zero-order chi connectivity index (χ0) is 16.0. The molecule has 5 heteroatoms. The monoisotopic (exact) mass is 292 g/mol. The Morgan fingerprint density at radius 1 is 1.00 bits per heavy atom. The Bertz CT molecular complexity index is 483. The van der Waals surface area contributed by atoms with E-state index in [0.717, 1.165) is 11.3 Å². The van der Waals surface area contributed by atoms with Crippen molar-refractivity contribution >= 4 is 11.8 Å². The van der Waals surface area contributed by atoms with E-state index >= 15 is 0 Å². The van der Waals surface area contributed by atoms with Crippen LogP contribution in [0, 0.1) is 0 Å². The topological polar surface area (TPSA) is 67.4 Å². The van der Waals surface area contributed by atoms with Crippen LogP contribution in [-0.2, 0) is 9.59 Å². The number of nitrogens with one attached hydrogen (secondary N) is 2. The minimum absolute atomic E-state index is 0.131. The largest absolute Gasteiger partial charge is 0.491 e. The first-order valence-corrected chi connectivity index (χ1v) is 7.13. The van der Waals surface area contributed by atoms with E-state index in [4.69, 9.17) is 4.74 Å². The maximum atomic E-state index is 11.9. The molecule has 0 aliphatic heterocycles. The van der Waals surface area contributed by atoms with Crippen LogP contribution in [0.25, 0.3) is 0 Å². The number of carbonyl (C=O) groups is 2. The highest BCUT2D eigenvalue weighted by atomic mass is 16.5. The van der Waals surface area contributed by atoms with Gasteiger partial charge >= 0.3 is 0 Å². The number of carbonyl (C=O) groups excluding carboxylic acids is 2. The van der Waals surface area contributed by atoms with Crippen LogP contribution in [0.5, 0.6) is 5.75 Å². The zero-order valence-corrected chi connectivity index (χ0v) is 13.3. The lowest BCUT2D eigenvalue weighted by molar-refractivity contribution is -0.128. The third kappa shape index (κ3) is 5.85. The van der Waals surface area contributed by atoms with Crippen molar-refractivity contribution in [2.75, 3.05) is 0 Å². The van der Waals surface area contributed by atoms with E-state index < -0.39 is 6.04 Å². The Morgan fingerprint density at radius 2 is 1.57 bits per heavy atom. The van der Waals surface area contributed by atoms with Crippen molar-refractivity contribution in [3.8, 4) is 5.75 Å². The van der Waals surface area contributed by atoms with Crippen molar-refractivity contribution in [1.29, 1.82) is 0 Å². The normalized spacial score (nSPS) is 13.4. The van der Waals surface area contributed by atoms with E-state index in [1.165, 1.54) is 6.92 Å². The van der Waals surface area contributed by atoms with Gasteiger partial charge in [0.1, 0.15) is 11.8 Å². The quantitative estimate of drug-likeness (QED) is 0.844. The van der Waals surface area contributed by atoms with Crippen LogP contribution < -0.4 is 15.4 Å². The van der Waals surface area contributed by atoms with Gasteiger partial charge < -0.3 is 15.4 Å². The minimum Gasteiger partial charge on any atom is -0.491 e. The molecule has 0 aliphatic rings. The molecule has 2 atom stereocenters. The summed E-state index contributed by atoms with van der Waals surface area (Å²) in [5.41, 5.74) is 0.981. The molecule has 2 N–H and O–H groups in total. The summed E-state index contributed by atoms with van der Waals surface area (Å²) < 4.78 is 5.58. The predicted octanol–water partition coefficient (Wildman–Crippen LogP) is 2.18. The summed E-state index contributed by atoms with van der Waals surface area (Å²) in [6.07, 6.45) is 0.131. The predicted molar refractivity (Wildman–Crippen MR) is 82.0 cm³/mol. The van der Waals surface area contributed by atoms with E-state index in [1.54, 1.807) is 6.92 Å². The van der Waals surface area contributed by atoms with Crippen LogP contribution in [0.3, 0.4) is 0 Å². The molecule has 1 aromatic rings. The number of benzene rings is 1. The molecule has 0 saturated carbocycles. The summed E-state index contributed by atoms with van der Waals surface area (Å²) in [6.45, 7) is 8.89. The van der Waals surface area contributed by atoms with Crippen LogP contribution in [0.4, 0.5) is 0 Å². The minimum atomic E-state index is -0.548. The molecular weight excluding hydrogens is 268 g/mol. The molecule has 0 bridgehead atoms. The van der Waals surface area contributed by atoms with Gasteiger partial charge in [0, 0.05) is 6.92 Å². The maximum absolute atomic E-state index is 11.9. The summed E-state index contributed by atoms with van der Waals surface area (Å²) in [5.74, 6) is 0.375. The molecule has 5 nitrogen and oxygen atoms in total. The van der Waals surface area contributed by atoms with Gasteiger partial charge in [0.25, 0.3) is 0 Å². The third-order valence-corrected chi connectivity index (χ3v) is 2.92. The molecule has 0 fully saturated rings. The smallest absolute Gasteiger partial charge is 0.242 e. The van der Waals surface area contributed by atoms with Gasteiger partial charge in [-0.25, -0.2) is 0 Å². The third-order valence-electron chi connectivity index (χ3n) is 2.92. The van der Waals surface area contributed by atoms with Gasteiger partial charge in [-0.3, -0.25) is 9.59 Å². The molecular formula is C16H24N2O3. The van der Waals surface area contributed by atoms with Crippen molar-refractivity contribution in [2.24, 2.45) is 0 Å². The number of hydrogen-bond acceptors (Lipinski definition) is 3. The van der Waals surface area contributed by atoms with Crippen molar-refractivity contribution in [2.45, 2.75) is 52.8 Å². The van der Waals surface area contributed by atoms with Crippen molar-refractivity contribution in [3.63, 3.8) is 0 Å². The molecule has 0 aromatic heterocycles. The Hall–Kier alpha value is -2.04. The average molecular weight is 292 g/mol. The van der Waals surface area contributed by atoms with Gasteiger partial charge in [-0.2, -0.15) is 0 Å². The molecule has 2 amide bonds. The molecule has 0 saturated heterocycles. The Balaban J connectivity index is 2.60. The molecule has 0 heterocycles. The van der Waals surface area contributed by atoms with Gasteiger partial charge in [0.15, 0.2) is 0 Å². The Kier molecular flexibility index (Phi) is 6.21. The summed E-state index contributed by atoms with van der Waals surface area (Å²) in [6, 6.07) is 6.93. The highest BCUT2D eigenvalue weighted by Crippen LogP contribution is 2.18. The SMILES string of the molecule is CC(=O)NC(C)C(=O)NC(C)c1ccc(OC(C)C)cc1. The molecule has 0 spiro atoms. The summed E-state index contributed by atoms with van der Waals surface area (Å²) in [5, 5.41) is 5.43. The molecule has 2 unspecified atom stereocenters. The number of rotatable bonds is 6. The standard InChI is InChI=1S/C16H24N2O3/c1-10(2)21-15-8-6-14(7-9-15)11(3)18-16(20)12(4)17-13(5)19/h6-12H,1-5H3,(H,17,19)(H,18,20). The molecule has 1 rings (SSSR count). The van der Waals surface area contributed by atoms with Crippen molar-refractivity contribution < 1.29 is 14.3 Å². The Labute approximate surface area is 126 Å². The first-order valence-electron chi connectivity index (χ1n) is 7.13. The van der Waals surface area contributed by atoms with Crippen molar-refractivity contribution in [1.82, 2.24) is 10.6 Å². The second-order valence-corrected chi connectivity index (χ2v) is 5.39. The van der Waals surface area contributed by atoms with E-state index in [1.807, 2.05) is 45.0 Å². The first kappa shape index (κ1) is 17.0. The highest BCUT2D eigenvalue weighted by molar-refractivity contribution is 5.86. The van der Waals surface area contributed by atoms with Gasteiger partial charge in [-0.15, -0.1) is 0 Å². The van der Waals surface area contributed by atoms with Crippen molar-refractivity contribution in [3.05, 3.63) is 29.8 Å². The first-order chi connectivity index (χ1) is 9.79. The second-order valence-electron chi connectivity index (χ2n) is 5.39. The fourth-order valence-electron chi connectivity index (χ4n) is 1.90. The van der Waals surface area contributed by atoms with Crippen LogP contribution >= 0.6 is 0 Å². The van der Waals surface area contributed by atoms with Crippen LogP contribution in [-0.4, -0.2) is 24.0 Å². The highest BCUT2D eigenvalue weighted by Gasteiger charge is 2.16. The fourth-order valence-corrected chi connectivity index (χ4v) is 1.90. The van der Waals surface area contributed by atoms with Crippen LogP contribution in [0.15, 0.2) is 24.3 Å². The van der Waals surface area contributed by atoms with E-state index in [9.17, 15) is 9.59 Å². The molecule has 0 aliphatic carbocycles. The Morgan fingerprint density at radius 3 is 2.05 bits per heavy atom.